The molecule has 3 rings (SSSR count). The Bertz CT molecular complexity index is 1110. The molecule has 7 heteroatoms. The van der Waals surface area contributed by atoms with Crippen molar-refractivity contribution in [1.29, 1.82) is 0 Å². The highest BCUT2D eigenvalue weighted by atomic mass is 16.5. The summed E-state index contributed by atoms with van der Waals surface area (Å²) in [6, 6.07) is 5.62. The highest BCUT2D eigenvalue weighted by molar-refractivity contribution is 6.30. The summed E-state index contributed by atoms with van der Waals surface area (Å²) in [5, 5.41) is 40.3. The molecule has 2 aromatic carbocycles. The van der Waals surface area contributed by atoms with E-state index in [0.717, 1.165) is 5.57 Å². The minimum Gasteiger partial charge on any atom is -0.507 e. The van der Waals surface area contributed by atoms with E-state index in [0.29, 0.717) is 18.4 Å². The Kier molecular flexibility index (Phi) is 6.44. The van der Waals surface area contributed by atoms with Crippen molar-refractivity contribution in [3.05, 3.63) is 63.7 Å². The van der Waals surface area contributed by atoms with Gasteiger partial charge in [0.1, 0.15) is 23.9 Å². The number of phenols is 2. The molecule has 7 nitrogen and oxygen atoms in total. The van der Waals surface area contributed by atoms with Crippen LogP contribution in [0.25, 0.3) is 0 Å². The number of aliphatic hydroxyl groups excluding tert-OH is 1. The van der Waals surface area contributed by atoms with Gasteiger partial charge in [0.15, 0.2) is 5.78 Å². The molecule has 2 aromatic rings. The monoisotopic (exact) mass is 440 g/mol. The van der Waals surface area contributed by atoms with Crippen LogP contribution in [0.5, 0.6) is 17.2 Å². The van der Waals surface area contributed by atoms with Crippen molar-refractivity contribution in [3.8, 4) is 17.2 Å². The number of hydrogen-bond acceptors (Lipinski definition) is 7. The number of aryl methyl sites for hydroxylation is 1. The van der Waals surface area contributed by atoms with Gasteiger partial charge >= 0.3 is 0 Å². The van der Waals surface area contributed by atoms with Gasteiger partial charge in [0.2, 0.25) is 5.78 Å². The number of rotatable bonds is 7. The minimum absolute atomic E-state index is 0.0245. The van der Waals surface area contributed by atoms with E-state index >= 15 is 0 Å². The van der Waals surface area contributed by atoms with Gasteiger partial charge in [0, 0.05) is 17.2 Å². The molecule has 170 valence electrons. The lowest BCUT2D eigenvalue weighted by molar-refractivity contribution is -0.0509. The molecule has 4 N–H and O–H groups in total. The van der Waals surface area contributed by atoms with Gasteiger partial charge in [-0.05, 0) is 70.4 Å². The zero-order chi connectivity index (χ0) is 23.8. The van der Waals surface area contributed by atoms with Gasteiger partial charge in [-0.2, -0.15) is 0 Å². The standard InChI is InChI=1S/C25H28O7/c1-13(5-6-20(28)25(3,4)31)7-8-32-15-11-17-22(19(27)12-15)24(30)21-16(23(17)29)9-14(2)10-18(21)26/h7,9-12,20,26-28,31H,5-6,8H2,1-4H3/b13-7+/t20-/m0/s1. The van der Waals surface area contributed by atoms with Gasteiger partial charge < -0.3 is 25.2 Å². The first-order valence-electron chi connectivity index (χ1n) is 10.4. The second-order valence-corrected chi connectivity index (χ2v) is 8.80. The zero-order valence-electron chi connectivity index (χ0n) is 18.6. The maximum absolute atomic E-state index is 13.0. The van der Waals surface area contributed by atoms with E-state index in [2.05, 4.69) is 0 Å². The third kappa shape index (κ3) is 4.69. The molecule has 0 saturated heterocycles. The Morgan fingerprint density at radius 3 is 2.25 bits per heavy atom. The van der Waals surface area contributed by atoms with Crippen LogP contribution < -0.4 is 4.74 Å². The van der Waals surface area contributed by atoms with E-state index in [-0.39, 0.29) is 40.4 Å². The van der Waals surface area contributed by atoms with E-state index in [1.54, 1.807) is 26.8 Å². The van der Waals surface area contributed by atoms with Crippen molar-refractivity contribution in [3.63, 3.8) is 0 Å². The molecule has 0 aliphatic heterocycles. The molecule has 0 amide bonds. The van der Waals surface area contributed by atoms with Gasteiger partial charge in [-0.25, -0.2) is 0 Å². The summed E-state index contributed by atoms with van der Waals surface area (Å²) in [4.78, 5) is 25.8. The maximum atomic E-state index is 13.0. The minimum atomic E-state index is -1.17. The third-order valence-corrected chi connectivity index (χ3v) is 5.61. The van der Waals surface area contributed by atoms with Crippen molar-refractivity contribution in [1.82, 2.24) is 0 Å². The van der Waals surface area contributed by atoms with Crippen LogP contribution in [-0.2, 0) is 0 Å². The predicted molar refractivity (Wildman–Crippen MR) is 119 cm³/mol. The van der Waals surface area contributed by atoms with Crippen LogP contribution in [0.1, 0.15) is 71.0 Å². The molecule has 0 fully saturated rings. The summed E-state index contributed by atoms with van der Waals surface area (Å²) in [5.41, 5.74) is 0.272. The smallest absolute Gasteiger partial charge is 0.201 e. The number of fused-ring (bicyclic) bond motifs is 2. The molecule has 0 heterocycles. The molecule has 0 unspecified atom stereocenters. The second kappa shape index (κ2) is 8.76. The molecule has 32 heavy (non-hydrogen) atoms. The average Bonchev–Trinajstić information content (AvgIpc) is 2.68. The van der Waals surface area contributed by atoms with Crippen LogP contribution in [0.4, 0.5) is 0 Å². The van der Waals surface area contributed by atoms with Crippen LogP contribution in [0, 0.1) is 6.92 Å². The van der Waals surface area contributed by atoms with E-state index in [1.165, 1.54) is 24.3 Å². The van der Waals surface area contributed by atoms with Crippen LogP contribution in [0.2, 0.25) is 0 Å². The van der Waals surface area contributed by atoms with Crippen molar-refractivity contribution in [2.75, 3.05) is 6.61 Å². The largest absolute Gasteiger partial charge is 0.507 e. The van der Waals surface area contributed by atoms with Crippen molar-refractivity contribution < 1.29 is 34.8 Å². The molecule has 0 radical (unpaired) electrons. The molecule has 1 aliphatic carbocycles. The molecule has 0 spiro atoms. The summed E-state index contributed by atoms with van der Waals surface area (Å²) < 4.78 is 5.66. The first-order chi connectivity index (χ1) is 14.9. The number of aromatic hydroxyl groups is 2. The normalized spacial score (nSPS) is 14.8. The summed E-state index contributed by atoms with van der Waals surface area (Å²) in [5.74, 6) is -1.54. The Balaban J connectivity index is 1.77. The number of benzene rings is 2. The number of carbonyl (C=O) groups excluding carboxylic acids is 2. The Labute approximate surface area is 186 Å². The molecule has 1 atom stereocenters. The van der Waals surface area contributed by atoms with E-state index in [9.17, 15) is 30.0 Å². The van der Waals surface area contributed by atoms with E-state index < -0.39 is 29.0 Å². The topological polar surface area (TPSA) is 124 Å². The summed E-state index contributed by atoms with van der Waals surface area (Å²) in [6.45, 7) is 6.84. The lowest BCUT2D eigenvalue weighted by Gasteiger charge is -2.24. The van der Waals surface area contributed by atoms with E-state index in [1.807, 2.05) is 6.92 Å². The molecule has 0 aromatic heterocycles. The zero-order valence-corrected chi connectivity index (χ0v) is 18.6. The van der Waals surface area contributed by atoms with Gasteiger partial charge in [-0.15, -0.1) is 0 Å². The fraction of sp³-hybridized carbons (Fsp3) is 0.360. The van der Waals surface area contributed by atoms with Crippen LogP contribution in [0.15, 0.2) is 35.9 Å². The van der Waals surface area contributed by atoms with Crippen LogP contribution in [-0.4, -0.2) is 50.3 Å². The third-order valence-electron chi connectivity index (χ3n) is 5.61. The van der Waals surface area contributed by atoms with E-state index in [4.69, 9.17) is 4.74 Å². The van der Waals surface area contributed by atoms with Gasteiger partial charge in [0.05, 0.1) is 22.8 Å². The van der Waals surface area contributed by atoms with Crippen molar-refractivity contribution in [2.45, 2.75) is 52.2 Å². The number of hydrogen-bond donors (Lipinski definition) is 4. The first kappa shape index (κ1) is 23.5. The number of carbonyl (C=O) groups is 2. The quantitative estimate of drug-likeness (QED) is 0.415. The molecule has 0 bridgehead atoms. The maximum Gasteiger partial charge on any atom is 0.201 e. The summed E-state index contributed by atoms with van der Waals surface area (Å²) in [7, 11) is 0. The van der Waals surface area contributed by atoms with Gasteiger partial charge in [-0.1, -0.05) is 5.57 Å². The molecular formula is C25H28O7. The van der Waals surface area contributed by atoms with Crippen molar-refractivity contribution in [2.24, 2.45) is 0 Å². The second-order valence-electron chi connectivity index (χ2n) is 8.80. The van der Waals surface area contributed by atoms with Crippen molar-refractivity contribution >= 4 is 11.6 Å². The van der Waals surface area contributed by atoms with Crippen LogP contribution in [0.3, 0.4) is 0 Å². The van der Waals surface area contributed by atoms with Gasteiger partial charge in [-0.3, -0.25) is 9.59 Å². The predicted octanol–water partition coefficient (Wildman–Crippen LogP) is 3.42. The van der Waals surface area contributed by atoms with Crippen LogP contribution >= 0.6 is 0 Å². The fourth-order valence-electron chi connectivity index (χ4n) is 3.66. The Morgan fingerprint density at radius 1 is 1.03 bits per heavy atom. The summed E-state index contributed by atoms with van der Waals surface area (Å²) in [6.07, 6.45) is 1.92. The lowest BCUT2D eigenvalue weighted by atomic mass is 9.82. The molecule has 1 aliphatic rings. The Hall–Kier alpha value is -3.16. The highest BCUT2D eigenvalue weighted by Gasteiger charge is 2.35. The first-order valence-corrected chi connectivity index (χ1v) is 10.4. The average molecular weight is 440 g/mol. The van der Waals surface area contributed by atoms with Gasteiger partial charge in [0.25, 0.3) is 0 Å². The lowest BCUT2D eigenvalue weighted by Crippen LogP contribution is -2.35. The summed E-state index contributed by atoms with van der Waals surface area (Å²) >= 11 is 0. The molecule has 0 saturated carbocycles. The number of ketones is 2. The Morgan fingerprint density at radius 2 is 1.62 bits per heavy atom. The number of allylic oxidation sites excluding steroid dienone is 1. The number of ether oxygens (including phenoxy) is 1. The SMILES string of the molecule is C/C(=C\COc1cc(O)c2c(c1)C(=O)c1cc(C)cc(O)c1C2=O)CC[C@H](O)C(C)(C)O. The molecular weight excluding hydrogens is 412 g/mol. The highest BCUT2D eigenvalue weighted by Crippen LogP contribution is 2.39. The number of phenolic OH excluding ortho intramolecular Hbond substituents is 2. The fourth-order valence-corrected chi connectivity index (χ4v) is 3.66. The number of aliphatic hydroxyl groups is 2.